The molecule has 5 nitrogen and oxygen atoms in total. The lowest BCUT2D eigenvalue weighted by Crippen LogP contribution is -2.33. The van der Waals surface area contributed by atoms with E-state index in [9.17, 15) is 9.90 Å². The Bertz CT molecular complexity index is 796. The summed E-state index contributed by atoms with van der Waals surface area (Å²) < 4.78 is 5.04. The number of pyridine rings is 2. The first-order chi connectivity index (χ1) is 10.6. The van der Waals surface area contributed by atoms with Crippen LogP contribution in [0.3, 0.4) is 0 Å². The van der Waals surface area contributed by atoms with Gasteiger partial charge in [-0.25, -0.2) is 14.8 Å². The van der Waals surface area contributed by atoms with Crippen LogP contribution in [0.1, 0.15) is 35.5 Å². The van der Waals surface area contributed by atoms with E-state index in [1.54, 1.807) is 25.4 Å². The van der Waals surface area contributed by atoms with Crippen LogP contribution >= 0.6 is 0 Å². The van der Waals surface area contributed by atoms with Crippen LogP contribution in [0.15, 0.2) is 24.4 Å². The van der Waals surface area contributed by atoms with E-state index in [0.29, 0.717) is 17.6 Å². The van der Waals surface area contributed by atoms with Crippen LogP contribution in [0.25, 0.3) is 12.2 Å². The van der Waals surface area contributed by atoms with Crippen LogP contribution in [0.4, 0.5) is 0 Å². The fourth-order valence-corrected chi connectivity index (χ4v) is 2.29. The minimum Gasteiger partial charge on any atom is -0.481 e. The number of carboxylic acid groups (broad SMARTS) is 1. The fraction of sp³-hybridized carbons (Fsp3) is 0.235. The first-order valence-corrected chi connectivity index (χ1v) is 6.93. The van der Waals surface area contributed by atoms with Crippen molar-refractivity contribution in [2.24, 2.45) is 0 Å². The largest absolute Gasteiger partial charge is 0.481 e. The van der Waals surface area contributed by atoms with E-state index in [4.69, 9.17) is 4.74 Å². The maximum Gasteiger partial charge on any atom is 0.354 e. The highest BCUT2D eigenvalue weighted by Crippen LogP contribution is 2.10. The summed E-state index contributed by atoms with van der Waals surface area (Å²) in [4.78, 5) is 19.6. The molecule has 0 saturated carbocycles. The van der Waals surface area contributed by atoms with E-state index in [1.807, 2.05) is 32.1 Å². The number of methoxy groups -OCH3 is 1. The normalized spacial score (nSPS) is 12.5. The zero-order valence-corrected chi connectivity index (χ0v) is 12.8. The third kappa shape index (κ3) is 3.31. The van der Waals surface area contributed by atoms with Gasteiger partial charge in [0, 0.05) is 12.3 Å². The van der Waals surface area contributed by atoms with Gasteiger partial charge in [0.25, 0.3) is 0 Å². The molecule has 2 aromatic heterocycles. The molecule has 0 saturated heterocycles. The summed E-state index contributed by atoms with van der Waals surface area (Å²) in [5, 5.41) is 10.8. The molecule has 0 unspecified atom stereocenters. The molecule has 1 N–H and O–H groups in total. The molecular weight excluding hydrogens is 280 g/mol. The molecule has 0 aliphatic carbocycles. The van der Waals surface area contributed by atoms with E-state index >= 15 is 0 Å². The summed E-state index contributed by atoms with van der Waals surface area (Å²) in [5.41, 5.74) is 1.94. The molecule has 2 aromatic rings. The van der Waals surface area contributed by atoms with E-state index in [0.717, 1.165) is 16.3 Å². The molecule has 0 aliphatic rings. The van der Waals surface area contributed by atoms with Gasteiger partial charge in [0.1, 0.15) is 5.69 Å². The van der Waals surface area contributed by atoms with Crippen LogP contribution in [0.2, 0.25) is 0 Å². The molecule has 114 valence electrons. The van der Waals surface area contributed by atoms with E-state index < -0.39 is 5.97 Å². The third-order valence-corrected chi connectivity index (χ3v) is 3.36. The molecule has 2 heterocycles. The van der Waals surface area contributed by atoms with Gasteiger partial charge >= 0.3 is 5.97 Å². The van der Waals surface area contributed by atoms with Crippen molar-refractivity contribution >= 4 is 18.1 Å². The van der Waals surface area contributed by atoms with Gasteiger partial charge in [-0.2, -0.15) is 0 Å². The molecular formula is C17H18N2O3. The average molecular weight is 298 g/mol. The highest BCUT2D eigenvalue weighted by molar-refractivity contribution is 5.85. The molecule has 0 radical (unpaired) electrons. The van der Waals surface area contributed by atoms with Crippen molar-refractivity contribution in [3.63, 3.8) is 0 Å². The van der Waals surface area contributed by atoms with Crippen molar-refractivity contribution in [2.75, 3.05) is 7.11 Å². The van der Waals surface area contributed by atoms with Gasteiger partial charge < -0.3 is 9.84 Å². The van der Waals surface area contributed by atoms with Gasteiger partial charge in [-0.3, -0.25) is 0 Å². The number of nitrogens with zero attached hydrogens (tertiary/aromatic N) is 2. The minimum atomic E-state index is -1.03. The van der Waals surface area contributed by atoms with E-state index in [2.05, 4.69) is 9.97 Å². The Kier molecular flexibility index (Phi) is 4.88. The SMILES string of the molecule is CC=c1nc(C(=O)O)cc(Cc2ccc(OC)nc2)c1=CC. The van der Waals surface area contributed by atoms with Crippen molar-refractivity contribution in [2.45, 2.75) is 20.3 Å². The summed E-state index contributed by atoms with van der Waals surface area (Å²) in [5.74, 6) is -0.477. The maximum absolute atomic E-state index is 11.2. The van der Waals surface area contributed by atoms with Crippen LogP contribution in [0, 0.1) is 0 Å². The summed E-state index contributed by atoms with van der Waals surface area (Å²) in [6.45, 7) is 3.76. The molecule has 0 fully saturated rings. The standard InChI is InChI=1S/C17H18N2O3/c1-4-13-12(8-11-6-7-16(22-3)18-10-11)9-15(17(20)21)19-14(13)5-2/h4-7,9-10H,8H2,1-3H3,(H,20,21). The summed E-state index contributed by atoms with van der Waals surface area (Å²) in [7, 11) is 1.57. The number of carbonyl (C=O) groups is 1. The molecule has 0 atom stereocenters. The molecule has 0 amide bonds. The number of ether oxygens (including phenoxy) is 1. The molecule has 2 rings (SSSR count). The Morgan fingerprint density at radius 3 is 2.59 bits per heavy atom. The fourth-order valence-electron chi connectivity index (χ4n) is 2.29. The number of hydrogen-bond acceptors (Lipinski definition) is 4. The van der Waals surface area contributed by atoms with Crippen LogP contribution < -0.4 is 15.3 Å². The van der Waals surface area contributed by atoms with Gasteiger partial charge in [0.15, 0.2) is 0 Å². The van der Waals surface area contributed by atoms with Gasteiger partial charge in [0.2, 0.25) is 5.88 Å². The van der Waals surface area contributed by atoms with Crippen LogP contribution in [-0.4, -0.2) is 28.2 Å². The predicted molar refractivity (Wildman–Crippen MR) is 84.3 cm³/mol. The summed E-state index contributed by atoms with van der Waals surface area (Å²) in [6, 6.07) is 5.33. The molecule has 0 spiro atoms. The first kappa shape index (κ1) is 15.7. The molecule has 0 aliphatic heterocycles. The van der Waals surface area contributed by atoms with Gasteiger partial charge in [-0.05, 0) is 42.7 Å². The van der Waals surface area contributed by atoms with E-state index in [1.165, 1.54) is 0 Å². The first-order valence-electron chi connectivity index (χ1n) is 6.93. The molecule has 0 aromatic carbocycles. The summed E-state index contributed by atoms with van der Waals surface area (Å²) in [6.07, 6.45) is 6.08. The number of aromatic carboxylic acids is 1. The minimum absolute atomic E-state index is 0.0511. The number of rotatable bonds is 4. The van der Waals surface area contributed by atoms with Gasteiger partial charge in [0.05, 0.1) is 12.5 Å². The lowest BCUT2D eigenvalue weighted by Gasteiger charge is -2.06. The molecule has 5 heteroatoms. The quantitative estimate of drug-likeness (QED) is 0.923. The van der Waals surface area contributed by atoms with Gasteiger partial charge in [-0.1, -0.05) is 18.2 Å². The highest BCUT2D eigenvalue weighted by atomic mass is 16.5. The topological polar surface area (TPSA) is 72.3 Å². The van der Waals surface area contributed by atoms with Gasteiger partial charge in [-0.15, -0.1) is 0 Å². The molecule has 22 heavy (non-hydrogen) atoms. The van der Waals surface area contributed by atoms with Crippen molar-refractivity contribution < 1.29 is 14.6 Å². The zero-order valence-electron chi connectivity index (χ0n) is 12.8. The van der Waals surface area contributed by atoms with Crippen molar-refractivity contribution in [3.8, 4) is 5.88 Å². The zero-order chi connectivity index (χ0) is 16.1. The Hall–Kier alpha value is -2.69. The van der Waals surface area contributed by atoms with Crippen molar-refractivity contribution in [1.82, 2.24) is 9.97 Å². The third-order valence-electron chi connectivity index (χ3n) is 3.36. The highest BCUT2D eigenvalue weighted by Gasteiger charge is 2.09. The number of carboxylic acids is 1. The predicted octanol–water partition coefficient (Wildman–Crippen LogP) is 1.38. The number of hydrogen-bond donors (Lipinski definition) is 1. The summed E-state index contributed by atoms with van der Waals surface area (Å²) >= 11 is 0. The lowest BCUT2D eigenvalue weighted by molar-refractivity contribution is 0.0690. The monoisotopic (exact) mass is 298 g/mol. The smallest absolute Gasteiger partial charge is 0.354 e. The van der Waals surface area contributed by atoms with Crippen molar-refractivity contribution in [1.29, 1.82) is 0 Å². The average Bonchev–Trinajstić information content (AvgIpc) is 2.54. The van der Waals surface area contributed by atoms with Crippen LogP contribution in [-0.2, 0) is 6.42 Å². The maximum atomic E-state index is 11.2. The second kappa shape index (κ2) is 6.85. The van der Waals surface area contributed by atoms with E-state index in [-0.39, 0.29) is 5.69 Å². The lowest BCUT2D eigenvalue weighted by atomic mass is 10.0. The Balaban J connectivity index is 2.53. The number of aromatic nitrogens is 2. The van der Waals surface area contributed by atoms with Crippen molar-refractivity contribution in [3.05, 3.63) is 51.8 Å². The van der Waals surface area contributed by atoms with Crippen LogP contribution in [0.5, 0.6) is 5.88 Å². The second-order valence-corrected chi connectivity index (χ2v) is 4.73. The second-order valence-electron chi connectivity index (χ2n) is 4.73. The molecule has 0 bridgehead atoms. The Labute approximate surface area is 128 Å². The Morgan fingerprint density at radius 1 is 1.32 bits per heavy atom. The Morgan fingerprint density at radius 2 is 2.09 bits per heavy atom.